The quantitative estimate of drug-likeness (QED) is 0.660. The highest BCUT2D eigenvalue weighted by Crippen LogP contribution is 2.44. The van der Waals surface area contributed by atoms with Crippen molar-refractivity contribution in [1.29, 1.82) is 0 Å². The molecule has 0 spiro atoms. The molecule has 1 N–H and O–H groups in total. The molecule has 0 fully saturated rings. The van der Waals surface area contributed by atoms with E-state index in [2.05, 4.69) is 12.1 Å². The van der Waals surface area contributed by atoms with Gasteiger partial charge >= 0.3 is 12.1 Å². The predicted molar refractivity (Wildman–Crippen MR) is 124 cm³/mol. The zero-order chi connectivity index (χ0) is 24.4. The molecule has 4 rings (SSSR count). The minimum Gasteiger partial charge on any atom is -0.467 e. The Morgan fingerprint density at radius 3 is 2.12 bits per heavy atom. The van der Waals surface area contributed by atoms with Gasteiger partial charge in [-0.2, -0.15) is 0 Å². The first kappa shape index (κ1) is 23.5. The minimum absolute atomic E-state index is 0.104. The van der Waals surface area contributed by atoms with Crippen LogP contribution in [-0.4, -0.2) is 65.3 Å². The molecule has 0 saturated heterocycles. The Labute approximate surface area is 198 Å². The number of aliphatic hydroxyl groups is 1. The molecule has 2 amide bonds. The fourth-order valence-electron chi connectivity index (χ4n) is 4.70. The lowest BCUT2D eigenvalue weighted by atomic mass is 9.98. The van der Waals surface area contributed by atoms with E-state index in [0.717, 1.165) is 27.2 Å². The van der Waals surface area contributed by atoms with E-state index in [1.54, 1.807) is 13.8 Å². The van der Waals surface area contributed by atoms with Crippen molar-refractivity contribution < 1.29 is 29.0 Å². The van der Waals surface area contributed by atoms with E-state index >= 15 is 0 Å². The van der Waals surface area contributed by atoms with E-state index in [9.17, 15) is 19.5 Å². The lowest BCUT2D eigenvalue weighted by Crippen LogP contribution is -2.57. The molecule has 1 heterocycles. The van der Waals surface area contributed by atoms with Crippen molar-refractivity contribution in [2.24, 2.45) is 5.92 Å². The van der Waals surface area contributed by atoms with Crippen molar-refractivity contribution in [2.75, 3.05) is 20.3 Å². The van der Waals surface area contributed by atoms with Gasteiger partial charge in [-0.25, -0.2) is 9.59 Å². The van der Waals surface area contributed by atoms with Gasteiger partial charge in [0.25, 0.3) is 5.91 Å². The maximum atomic E-state index is 13.2. The highest BCUT2D eigenvalue weighted by atomic mass is 16.6. The average molecular weight is 465 g/mol. The van der Waals surface area contributed by atoms with Gasteiger partial charge in [0.1, 0.15) is 12.6 Å². The summed E-state index contributed by atoms with van der Waals surface area (Å²) >= 11 is 0. The first-order valence-corrected chi connectivity index (χ1v) is 11.2. The van der Waals surface area contributed by atoms with Crippen LogP contribution in [0, 0.1) is 5.92 Å². The fraction of sp³-hybridized carbons (Fsp3) is 0.346. The topological polar surface area (TPSA) is 96.4 Å². The molecule has 34 heavy (non-hydrogen) atoms. The first-order chi connectivity index (χ1) is 16.4. The smallest absolute Gasteiger partial charge is 0.414 e. The van der Waals surface area contributed by atoms with Crippen LogP contribution in [0.4, 0.5) is 4.79 Å². The third-order valence-electron chi connectivity index (χ3n) is 6.36. The number of benzene rings is 2. The molecule has 1 aliphatic carbocycles. The predicted octanol–water partition coefficient (Wildman–Crippen LogP) is 3.11. The molecule has 1 aliphatic heterocycles. The molecule has 2 aromatic carbocycles. The van der Waals surface area contributed by atoms with Gasteiger partial charge in [-0.1, -0.05) is 62.4 Å². The Balaban J connectivity index is 1.55. The number of carbonyl (C=O) groups excluding carboxylic acids is 3. The van der Waals surface area contributed by atoms with E-state index in [0.29, 0.717) is 0 Å². The molecular weight excluding hydrogens is 436 g/mol. The number of aliphatic hydroxyl groups excluding tert-OH is 1. The monoisotopic (exact) mass is 464 g/mol. The molecule has 0 bridgehead atoms. The molecule has 0 radical (unpaired) electrons. The van der Waals surface area contributed by atoms with Crippen molar-refractivity contribution in [2.45, 2.75) is 31.8 Å². The Morgan fingerprint density at radius 1 is 1.00 bits per heavy atom. The number of hydrogen-bond donors (Lipinski definition) is 1. The van der Waals surface area contributed by atoms with Crippen molar-refractivity contribution in [3.05, 3.63) is 72.1 Å². The SMILES string of the molecule is COC(=O)[C@@H](CO)N1C=CN(C(=O)OCC2c3ccccc3-c3ccccc32)[C@@H](C(C)C)C1=O. The summed E-state index contributed by atoms with van der Waals surface area (Å²) in [7, 11) is 1.19. The molecule has 0 saturated carbocycles. The number of carbonyl (C=O) groups is 3. The van der Waals surface area contributed by atoms with Crippen LogP contribution in [0.5, 0.6) is 0 Å². The zero-order valence-electron chi connectivity index (χ0n) is 19.4. The standard InChI is InChI=1S/C26H28N2O6/c1-16(2)23-24(30)27(22(14-29)25(31)33-3)12-13-28(23)26(32)34-15-21-19-10-6-4-8-17(19)18-9-5-7-11-20(18)21/h4-13,16,21-23,29H,14-15H2,1-3H3/t22-,23+/m1/s1. The van der Waals surface area contributed by atoms with Crippen LogP contribution in [0.25, 0.3) is 11.1 Å². The number of hydrogen-bond acceptors (Lipinski definition) is 6. The molecule has 2 aliphatic rings. The number of methoxy groups -OCH3 is 1. The largest absolute Gasteiger partial charge is 0.467 e. The second kappa shape index (κ2) is 9.69. The molecule has 8 nitrogen and oxygen atoms in total. The summed E-state index contributed by atoms with van der Waals surface area (Å²) in [5.41, 5.74) is 4.44. The van der Waals surface area contributed by atoms with E-state index in [4.69, 9.17) is 9.47 Å². The molecular formula is C26H28N2O6. The number of amides is 2. The summed E-state index contributed by atoms with van der Waals surface area (Å²) < 4.78 is 10.4. The van der Waals surface area contributed by atoms with Crippen LogP contribution in [-0.2, 0) is 19.1 Å². The van der Waals surface area contributed by atoms with Gasteiger partial charge in [0, 0.05) is 18.3 Å². The third-order valence-corrected chi connectivity index (χ3v) is 6.36. The summed E-state index contributed by atoms with van der Waals surface area (Å²) in [5, 5.41) is 9.63. The van der Waals surface area contributed by atoms with Crippen LogP contribution in [0.2, 0.25) is 0 Å². The highest BCUT2D eigenvalue weighted by molar-refractivity contribution is 5.92. The van der Waals surface area contributed by atoms with Gasteiger partial charge in [0.2, 0.25) is 0 Å². The Bertz CT molecular complexity index is 1080. The van der Waals surface area contributed by atoms with Gasteiger partial charge in [-0.15, -0.1) is 0 Å². The van der Waals surface area contributed by atoms with Gasteiger partial charge in [-0.05, 0) is 28.2 Å². The Kier molecular flexibility index (Phi) is 6.70. The second-order valence-electron chi connectivity index (χ2n) is 8.67. The van der Waals surface area contributed by atoms with Crippen LogP contribution < -0.4 is 0 Å². The van der Waals surface area contributed by atoms with Crippen LogP contribution in [0.15, 0.2) is 60.9 Å². The van der Waals surface area contributed by atoms with E-state index < -0.39 is 36.7 Å². The Hall–Kier alpha value is -3.65. The van der Waals surface area contributed by atoms with Crippen molar-refractivity contribution in [3.8, 4) is 11.1 Å². The summed E-state index contributed by atoms with van der Waals surface area (Å²) in [5.74, 6) is -1.60. The average Bonchev–Trinajstić information content (AvgIpc) is 3.17. The van der Waals surface area contributed by atoms with Crippen molar-refractivity contribution in [3.63, 3.8) is 0 Å². The molecule has 2 atom stereocenters. The van der Waals surface area contributed by atoms with E-state index in [-0.39, 0.29) is 18.4 Å². The fourth-order valence-corrected chi connectivity index (χ4v) is 4.70. The number of nitrogens with zero attached hydrogens (tertiary/aromatic N) is 2. The molecule has 0 unspecified atom stereocenters. The number of rotatable bonds is 6. The number of fused-ring (bicyclic) bond motifs is 3. The third kappa shape index (κ3) is 4.05. The summed E-state index contributed by atoms with van der Waals surface area (Å²) in [6, 6.07) is 14.0. The van der Waals surface area contributed by atoms with Gasteiger partial charge < -0.3 is 14.6 Å². The maximum absolute atomic E-state index is 13.2. The summed E-state index contributed by atoms with van der Waals surface area (Å²) in [4.78, 5) is 40.7. The van der Waals surface area contributed by atoms with Crippen molar-refractivity contribution in [1.82, 2.24) is 9.80 Å². The van der Waals surface area contributed by atoms with E-state index in [1.807, 2.05) is 36.4 Å². The normalized spacial score (nSPS) is 18.0. The first-order valence-electron chi connectivity index (χ1n) is 11.2. The lowest BCUT2D eigenvalue weighted by molar-refractivity contribution is -0.155. The minimum atomic E-state index is -1.18. The molecule has 0 aromatic heterocycles. The van der Waals surface area contributed by atoms with Gasteiger partial charge in [-0.3, -0.25) is 14.6 Å². The Morgan fingerprint density at radius 2 is 1.59 bits per heavy atom. The van der Waals surface area contributed by atoms with Crippen LogP contribution >= 0.6 is 0 Å². The van der Waals surface area contributed by atoms with Crippen LogP contribution in [0.1, 0.15) is 30.9 Å². The van der Waals surface area contributed by atoms with E-state index in [1.165, 1.54) is 24.4 Å². The molecule has 178 valence electrons. The van der Waals surface area contributed by atoms with Crippen LogP contribution in [0.3, 0.4) is 0 Å². The summed E-state index contributed by atoms with van der Waals surface area (Å²) in [6.07, 6.45) is 2.07. The molecule has 8 heteroatoms. The van der Waals surface area contributed by atoms with Gasteiger partial charge in [0.15, 0.2) is 6.04 Å². The lowest BCUT2D eigenvalue weighted by Gasteiger charge is -2.39. The molecule has 2 aromatic rings. The number of esters is 1. The van der Waals surface area contributed by atoms with Crippen molar-refractivity contribution >= 4 is 18.0 Å². The second-order valence-corrected chi connectivity index (χ2v) is 8.67. The highest BCUT2D eigenvalue weighted by Gasteiger charge is 2.42. The van der Waals surface area contributed by atoms with Gasteiger partial charge in [0.05, 0.1) is 13.7 Å². The number of ether oxygens (including phenoxy) is 2. The zero-order valence-corrected chi connectivity index (χ0v) is 19.4. The summed E-state index contributed by atoms with van der Waals surface area (Å²) in [6.45, 7) is 3.13. The maximum Gasteiger partial charge on any atom is 0.414 e.